The fraction of sp³-hybridized carbons (Fsp3) is 0.0556. The summed E-state index contributed by atoms with van der Waals surface area (Å²) >= 11 is 0. The molecule has 8 rings (SSSR count). The van der Waals surface area contributed by atoms with Gasteiger partial charge in [-0.05, 0) is 75.0 Å². The lowest BCUT2D eigenvalue weighted by Crippen LogP contribution is -2.31. The van der Waals surface area contributed by atoms with Gasteiger partial charge in [0.05, 0.1) is 11.1 Å². The van der Waals surface area contributed by atoms with Crippen molar-refractivity contribution >= 4 is 11.4 Å². The van der Waals surface area contributed by atoms with E-state index in [9.17, 15) is 0 Å². The van der Waals surface area contributed by atoms with E-state index in [4.69, 9.17) is 4.99 Å². The van der Waals surface area contributed by atoms with E-state index in [-0.39, 0.29) is 0 Å². The fourth-order valence-corrected chi connectivity index (χ4v) is 7.90. The van der Waals surface area contributed by atoms with Crippen molar-refractivity contribution in [3.05, 3.63) is 269 Å². The Kier molecular flexibility index (Phi) is 10.5. The highest BCUT2D eigenvalue weighted by Crippen LogP contribution is 2.48. The molecule has 0 amide bonds. The van der Waals surface area contributed by atoms with Gasteiger partial charge < -0.3 is 0 Å². The van der Waals surface area contributed by atoms with Crippen molar-refractivity contribution in [1.29, 1.82) is 0 Å². The van der Waals surface area contributed by atoms with Crippen molar-refractivity contribution in [2.45, 2.75) is 18.8 Å². The summed E-state index contributed by atoms with van der Waals surface area (Å²) in [7, 11) is 0. The maximum atomic E-state index is 5.36. The smallest absolute Gasteiger partial charge is 0.0707 e. The standard InChI is InChI=1S/C54H43N/c1-41(42-22-7-2-8-23-42)55-53(39-38-44-26-17-18-35-50(44)43-24-9-3-10-25-43)46-28-21-27-45(40-46)51-36-19-20-37-52(51)54(47-29-11-4-12-30-47,48-31-13-5-14-32-48)49-33-15-6-16-34-49/h2-37,39-40H,38H2,1H3/b53-39-,55-41?. The topological polar surface area (TPSA) is 12.4 Å². The fourth-order valence-electron chi connectivity index (χ4n) is 7.90. The van der Waals surface area contributed by atoms with Gasteiger partial charge in [0.1, 0.15) is 0 Å². The quantitative estimate of drug-likeness (QED) is 0.0938. The van der Waals surface area contributed by atoms with Crippen molar-refractivity contribution < 1.29 is 0 Å². The van der Waals surface area contributed by atoms with Gasteiger partial charge in [0, 0.05) is 11.3 Å². The molecule has 0 radical (unpaired) electrons. The van der Waals surface area contributed by atoms with Crippen LogP contribution in [0.5, 0.6) is 0 Å². The van der Waals surface area contributed by atoms with Crippen molar-refractivity contribution in [3.8, 4) is 22.3 Å². The second-order valence-electron chi connectivity index (χ2n) is 13.9. The first-order chi connectivity index (χ1) is 27.2. The molecule has 0 N–H and O–H groups in total. The zero-order valence-corrected chi connectivity index (χ0v) is 31.1. The molecule has 0 aliphatic heterocycles. The Morgan fingerprint density at radius 2 is 0.891 bits per heavy atom. The van der Waals surface area contributed by atoms with Gasteiger partial charge in [-0.2, -0.15) is 0 Å². The Hall–Kier alpha value is -6.83. The monoisotopic (exact) mass is 705 g/mol. The molecular formula is C54H43N. The Labute approximate surface area is 325 Å². The second-order valence-corrected chi connectivity index (χ2v) is 13.9. The lowest BCUT2D eigenvalue weighted by atomic mass is 9.63. The van der Waals surface area contributed by atoms with E-state index in [0.29, 0.717) is 0 Å². The molecule has 0 aliphatic carbocycles. The van der Waals surface area contributed by atoms with Crippen LogP contribution in [0.4, 0.5) is 0 Å². The predicted octanol–water partition coefficient (Wildman–Crippen LogP) is 13.5. The van der Waals surface area contributed by atoms with Crippen LogP contribution in [0.3, 0.4) is 0 Å². The van der Waals surface area contributed by atoms with Crippen molar-refractivity contribution in [2.75, 3.05) is 0 Å². The molecule has 0 fully saturated rings. The normalized spacial score (nSPS) is 12.0. The van der Waals surface area contributed by atoms with E-state index in [1.165, 1.54) is 44.5 Å². The number of hydrogen-bond acceptors (Lipinski definition) is 1. The maximum Gasteiger partial charge on any atom is 0.0707 e. The van der Waals surface area contributed by atoms with Gasteiger partial charge in [-0.25, -0.2) is 0 Å². The SMILES string of the molecule is CC(=N/C(=C\Cc1ccccc1-c1ccccc1)c1cccc(-c2ccccc2C(c2ccccc2)(c2ccccc2)c2ccccc2)c1)c1ccccc1. The Morgan fingerprint density at radius 3 is 1.49 bits per heavy atom. The second kappa shape index (κ2) is 16.5. The summed E-state index contributed by atoms with van der Waals surface area (Å²) in [5.41, 5.74) is 14.5. The summed E-state index contributed by atoms with van der Waals surface area (Å²) in [4.78, 5) is 5.36. The van der Waals surface area contributed by atoms with Crippen LogP contribution in [-0.2, 0) is 11.8 Å². The number of nitrogens with zero attached hydrogens (tertiary/aromatic N) is 1. The number of hydrogen-bond donors (Lipinski definition) is 0. The van der Waals surface area contributed by atoms with Gasteiger partial charge in [-0.15, -0.1) is 0 Å². The average Bonchev–Trinajstić information content (AvgIpc) is 3.27. The Balaban J connectivity index is 1.30. The molecule has 8 aromatic rings. The summed E-state index contributed by atoms with van der Waals surface area (Å²) in [5, 5.41) is 0. The Morgan fingerprint density at radius 1 is 0.436 bits per heavy atom. The van der Waals surface area contributed by atoms with Crippen LogP contribution < -0.4 is 0 Å². The van der Waals surface area contributed by atoms with Gasteiger partial charge >= 0.3 is 0 Å². The maximum absolute atomic E-state index is 5.36. The summed E-state index contributed by atoms with van der Waals surface area (Å²) in [6.07, 6.45) is 3.04. The molecule has 0 heterocycles. The van der Waals surface area contributed by atoms with E-state index >= 15 is 0 Å². The highest BCUT2D eigenvalue weighted by Gasteiger charge is 2.39. The van der Waals surface area contributed by atoms with Crippen molar-refractivity contribution in [3.63, 3.8) is 0 Å². The number of benzene rings is 8. The first-order valence-corrected chi connectivity index (χ1v) is 19.0. The van der Waals surface area contributed by atoms with Crippen LogP contribution >= 0.6 is 0 Å². The molecule has 0 saturated heterocycles. The third kappa shape index (κ3) is 7.38. The molecule has 0 atom stereocenters. The first-order valence-electron chi connectivity index (χ1n) is 19.0. The van der Waals surface area contributed by atoms with Gasteiger partial charge in [-0.3, -0.25) is 4.99 Å². The molecular weight excluding hydrogens is 663 g/mol. The minimum atomic E-state index is -0.571. The molecule has 0 bridgehead atoms. The van der Waals surface area contributed by atoms with Gasteiger partial charge in [-0.1, -0.05) is 224 Å². The molecule has 1 heteroatoms. The summed E-state index contributed by atoms with van der Waals surface area (Å²) in [5.74, 6) is 0. The minimum absolute atomic E-state index is 0.571. The van der Waals surface area contributed by atoms with Crippen LogP contribution in [0, 0.1) is 0 Å². The van der Waals surface area contributed by atoms with Crippen LogP contribution in [0.1, 0.15) is 45.9 Å². The van der Waals surface area contributed by atoms with Crippen LogP contribution in [0.15, 0.2) is 236 Å². The van der Waals surface area contributed by atoms with Crippen LogP contribution in [-0.4, -0.2) is 5.71 Å². The predicted molar refractivity (Wildman–Crippen MR) is 232 cm³/mol. The third-order valence-corrected chi connectivity index (χ3v) is 10.5. The molecule has 0 unspecified atom stereocenters. The third-order valence-electron chi connectivity index (χ3n) is 10.5. The molecule has 8 aromatic carbocycles. The highest BCUT2D eigenvalue weighted by atomic mass is 14.8. The highest BCUT2D eigenvalue weighted by molar-refractivity contribution is 6.01. The average molecular weight is 706 g/mol. The van der Waals surface area contributed by atoms with Crippen molar-refractivity contribution in [2.24, 2.45) is 4.99 Å². The minimum Gasteiger partial charge on any atom is -0.253 e. The van der Waals surface area contributed by atoms with Crippen molar-refractivity contribution in [1.82, 2.24) is 0 Å². The number of rotatable bonds is 11. The molecule has 0 aliphatic rings. The van der Waals surface area contributed by atoms with E-state index in [1.807, 2.05) is 0 Å². The molecule has 0 spiro atoms. The zero-order chi connectivity index (χ0) is 37.3. The zero-order valence-electron chi connectivity index (χ0n) is 31.1. The van der Waals surface area contributed by atoms with Gasteiger partial charge in [0.15, 0.2) is 0 Å². The van der Waals surface area contributed by atoms with Gasteiger partial charge in [0.2, 0.25) is 0 Å². The lowest BCUT2D eigenvalue weighted by Gasteiger charge is -2.38. The number of allylic oxidation sites excluding steroid dienone is 1. The molecule has 0 saturated carbocycles. The van der Waals surface area contributed by atoms with E-state index in [1.54, 1.807) is 0 Å². The lowest BCUT2D eigenvalue weighted by molar-refractivity contribution is 0.747. The molecule has 55 heavy (non-hydrogen) atoms. The van der Waals surface area contributed by atoms with E-state index in [0.717, 1.165) is 34.5 Å². The van der Waals surface area contributed by atoms with E-state index in [2.05, 4.69) is 237 Å². The Bertz CT molecular complexity index is 2440. The molecule has 1 nitrogen and oxygen atoms in total. The summed E-state index contributed by atoms with van der Waals surface area (Å²) < 4.78 is 0. The largest absolute Gasteiger partial charge is 0.253 e. The summed E-state index contributed by atoms with van der Waals surface area (Å²) in [6, 6.07) is 80.5. The van der Waals surface area contributed by atoms with Crippen LogP contribution in [0.2, 0.25) is 0 Å². The number of aliphatic imine (C=N–C) groups is 1. The van der Waals surface area contributed by atoms with Gasteiger partial charge in [0.25, 0.3) is 0 Å². The van der Waals surface area contributed by atoms with Crippen LogP contribution in [0.25, 0.3) is 28.0 Å². The molecule has 0 aromatic heterocycles. The molecule has 264 valence electrons. The first kappa shape index (κ1) is 35.2. The summed E-state index contributed by atoms with van der Waals surface area (Å²) in [6.45, 7) is 2.11. The van der Waals surface area contributed by atoms with E-state index < -0.39 is 5.41 Å².